The van der Waals surface area contributed by atoms with Crippen molar-refractivity contribution in [2.24, 2.45) is 5.92 Å². The van der Waals surface area contributed by atoms with Gasteiger partial charge >= 0.3 is 0 Å². The first-order valence-corrected chi connectivity index (χ1v) is 5.97. The lowest BCUT2D eigenvalue weighted by atomic mass is 10.1. The Balaban J connectivity index is 1.83. The van der Waals surface area contributed by atoms with E-state index in [2.05, 4.69) is 15.5 Å². The predicted octanol–water partition coefficient (Wildman–Crippen LogP) is -0.194. The molecule has 1 heterocycles. The lowest BCUT2D eigenvalue weighted by Crippen LogP contribution is -2.57. The number of carbonyl (C=O) groups is 1. The van der Waals surface area contributed by atoms with E-state index in [1.807, 2.05) is 0 Å². The van der Waals surface area contributed by atoms with Crippen LogP contribution in [0.3, 0.4) is 0 Å². The molecule has 2 fully saturated rings. The number of likely N-dealkylation sites (N-methyl/N-ethyl adjacent to an activating group) is 1. The topological polar surface area (TPSA) is 44.4 Å². The van der Waals surface area contributed by atoms with Crippen LogP contribution in [0.1, 0.15) is 19.3 Å². The molecule has 4 heteroatoms. The van der Waals surface area contributed by atoms with E-state index in [0.717, 1.165) is 32.1 Å². The monoisotopic (exact) mass is 211 g/mol. The van der Waals surface area contributed by atoms with E-state index < -0.39 is 0 Å². The molecule has 0 radical (unpaired) electrons. The van der Waals surface area contributed by atoms with E-state index in [1.165, 1.54) is 19.3 Å². The van der Waals surface area contributed by atoms with E-state index in [1.54, 1.807) is 7.05 Å². The van der Waals surface area contributed by atoms with Gasteiger partial charge in [-0.2, -0.15) is 0 Å². The van der Waals surface area contributed by atoms with Gasteiger partial charge in [-0.15, -0.1) is 0 Å². The standard InChI is InChI=1S/C11H21N3O/c1-12-11(15)10-8-13-5-7-14(10)6-4-9-2-3-9/h9-10,13H,2-8H2,1H3,(H,12,15). The molecule has 0 spiro atoms. The molecule has 1 amide bonds. The summed E-state index contributed by atoms with van der Waals surface area (Å²) in [7, 11) is 1.72. The Kier molecular flexibility index (Phi) is 3.59. The molecule has 0 aromatic heterocycles. The Hall–Kier alpha value is -0.610. The number of hydrogen-bond acceptors (Lipinski definition) is 3. The van der Waals surface area contributed by atoms with Crippen molar-refractivity contribution in [1.29, 1.82) is 0 Å². The van der Waals surface area contributed by atoms with E-state index in [4.69, 9.17) is 0 Å². The van der Waals surface area contributed by atoms with Crippen molar-refractivity contribution in [1.82, 2.24) is 15.5 Å². The molecule has 86 valence electrons. The molecule has 1 aliphatic carbocycles. The van der Waals surface area contributed by atoms with Crippen molar-refractivity contribution in [3.05, 3.63) is 0 Å². The Morgan fingerprint density at radius 2 is 2.33 bits per heavy atom. The van der Waals surface area contributed by atoms with Gasteiger partial charge in [0.15, 0.2) is 0 Å². The van der Waals surface area contributed by atoms with Crippen LogP contribution < -0.4 is 10.6 Å². The predicted molar refractivity (Wildman–Crippen MR) is 59.6 cm³/mol. The van der Waals surface area contributed by atoms with Gasteiger partial charge in [-0.3, -0.25) is 9.69 Å². The zero-order valence-electron chi connectivity index (χ0n) is 9.46. The third kappa shape index (κ3) is 2.92. The molecule has 1 atom stereocenters. The summed E-state index contributed by atoms with van der Waals surface area (Å²) in [4.78, 5) is 14.0. The minimum Gasteiger partial charge on any atom is -0.358 e. The molecule has 0 aromatic carbocycles. The van der Waals surface area contributed by atoms with Crippen molar-refractivity contribution < 1.29 is 4.79 Å². The SMILES string of the molecule is CNC(=O)C1CNCCN1CCC1CC1. The number of carbonyl (C=O) groups excluding carboxylic acids is 1. The van der Waals surface area contributed by atoms with Gasteiger partial charge in [-0.05, 0) is 18.9 Å². The Labute approximate surface area is 91.4 Å². The highest BCUT2D eigenvalue weighted by atomic mass is 16.2. The second kappa shape index (κ2) is 4.94. The van der Waals surface area contributed by atoms with Gasteiger partial charge < -0.3 is 10.6 Å². The van der Waals surface area contributed by atoms with Gasteiger partial charge in [-0.25, -0.2) is 0 Å². The molecule has 2 N–H and O–H groups in total. The molecule has 1 unspecified atom stereocenters. The van der Waals surface area contributed by atoms with Crippen LogP contribution in [0, 0.1) is 5.92 Å². The van der Waals surface area contributed by atoms with Crippen molar-refractivity contribution in [2.45, 2.75) is 25.3 Å². The van der Waals surface area contributed by atoms with Crippen LogP contribution in [0.15, 0.2) is 0 Å². The summed E-state index contributed by atoms with van der Waals surface area (Å²) >= 11 is 0. The van der Waals surface area contributed by atoms with Crippen LogP contribution in [0.5, 0.6) is 0 Å². The normalized spacial score (nSPS) is 27.7. The van der Waals surface area contributed by atoms with E-state index in [0.29, 0.717) is 0 Å². The number of piperazine rings is 1. The second-order valence-electron chi connectivity index (χ2n) is 4.60. The summed E-state index contributed by atoms with van der Waals surface area (Å²) in [6.45, 7) is 3.90. The highest BCUT2D eigenvalue weighted by Gasteiger charge is 2.29. The lowest BCUT2D eigenvalue weighted by Gasteiger charge is -2.34. The van der Waals surface area contributed by atoms with Crippen molar-refractivity contribution in [3.8, 4) is 0 Å². The van der Waals surface area contributed by atoms with Crippen LogP contribution in [-0.2, 0) is 4.79 Å². The summed E-state index contributed by atoms with van der Waals surface area (Å²) in [6, 6.07) is 0.0440. The molecule has 2 rings (SSSR count). The number of nitrogens with zero attached hydrogens (tertiary/aromatic N) is 1. The van der Waals surface area contributed by atoms with Gasteiger partial charge in [-0.1, -0.05) is 12.8 Å². The summed E-state index contributed by atoms with van der Waals surface area (Å²) in [6.07, 6.45) is 4.07. The molecule has 15 heavy (non-hydrogen) atoms. The molecule has 0 bridgehead atoms. The first-order valence-electron chi connectivity index (χ1n) is 5.97. The molecule has 1 saturated heterocycles. The second-order valence-corrected chi connectivity index (χ2v) is 4.60. The fourth-order valence-electron chi connectivity index (χ4n) is 2.19. The lowest BCUT2D eigenvalue weighted by molar-refractivity contribution is -0.126. The van der Waals surface area contributed by atoms with Crippen molar-refractivity contribution in [2.75, 3.05) is 33.2 Å². The number of amides is 1. The average molecular weight is 211 g/mol. The van der Waals surface area contributed by atoms with Gasteiger partial charge in [0.1, 0.15) is 6.04 Å². The van der Waals surface area contributed by atoms with Crippen LogP contribution in [0.25, 0.3) is 0 Å². The van der Waals surface area contributed by atoms with E-state index in [9.17, 15) is 4.79 Å². The van der Waals surface area contributed by atoms with Gasteiger partial charge in [0.2, 0.25) is 5.91 Å². The molecule has 1 aliphatic heterocycles. The van der Waals surface area contributed by atoms with Crippen LogP contribution in [0.4, 0.5) is 0 Å². The number of rotatable bonds is 4. The summed E-state index contributed by atoms with van der Waals surface area (Å²) in [5, 5.41) is 6.03. The maximum absolute atomic E-state index is 11.6. The Bertz CT molecular complexity index is 228. The Morgan fingerprint density at radius 3 is 3.00 bits per heavy atom. The van der Waals surface area contributed by atoms with E-state index >= 15 is 0 Å². The van der Waals surface area contributed by atoms with E-state index in [-0.39, 0.29) is 11.9 Å². The summed E-state index contributed by atoms with van der Waals surface area (Å²) in [5.41, 5.74) is 0. The maximum atomic E-state index is 11.6. The van der Waals surface area contributed by atoms with Crippen molar-refractivity contribution >= 4 is 5.91 Å². The van der Waals surface area contributed by atoms with Crippen LogP contribution >= 0.6 is 0 Å². The minimum absolute atomic E-state index is 0.0440. The van der Waals surface area contributed by atoms with Crippen LogP contribution in [0.2, 0.25) is 0 Å². The number of nitrogens with one attached hydrogen (secondary N) is 2. The van der Waals surface area contributed by atoms with Gasteiger partial charge in [0, 0.05) is 26.7 Å². The summed E-state index contributed by atoms with van der Waals surface area (Å²) < 4.78 is 0. The fraction of sp³-hybridized carbons (Fsp3) is 0.909. The third-order valence-electron chi connectivity index (χ3n) is 3.42. The highest BCUT2D eigenvalue weighted by molar-refractivity contribution is 5.81. The quantitative estimate of drug-likeness (QED) is 0.677. The van der Waals surface area contributed by atoms with Gasteiger partial charge in [0.05, 0.1) is 0 Å². The minimum atomic E-state index is 0.0440. The third-order valence-corrected chi connectivity index (χ3v) is 3.42. The Morgan fingerprint density at radius 1 is 1.53 bits per heavy atom. The average Bonchev–Trinajstić information content (AvgIpc) is 3.09. The smallest absolute Gasteiger partial charge is 0.238 e. The first-order chi connectivity index (χ1) is 7.31. The zero-order chi connectivity index (χ0) is 10.7. The molecule has 2 aliphatic rings. The van der Waals surface area contributed by atoms with Crippen LogP contribution in [-0.4, -0.2) is 50.1 Å². The summed E-state index contributed by atoms with van der Waals surface area (Å²) in [5.74, 6) is 1.10. The maximum Gasteiger partial charge on any atom is 0.238 e. The number of hydrogen-bond donors (Lipinski definition) is 2. The molecule has 1 saturated carbocycles. The van der Waals surface area contributed by atoms with Gasteiger partial charge in [0.25, 0.3) is 0 Å². The molecular formula is C11H21N3O. The first kappa shape index (κ1) is 10.9. The molecule has 4 nitrogen and oxygen atoms in total. The van der Waals surface area contributed by atoms with Crippen molar-refractivity contribution in [3.63, 3.8) is 0 Å². The largest absolute Gasteiger partial charge is 0.358 e. The molecular weight excluding hydrogens is 190 g/mol. The highest BCUT2D eigenvalue weighted by Crippen LogP contribution is 2.32. The fourth-order valence-corrected chi connectivity index (χ4v) is 2.19. The molecule has 0 aromatic rings. The zero-order valence-corrected chi connectivity index (χ0v) is 9.46.